The van der Waals surface area contributed by atoms with E-state index >= 15 is 0 Å². The first-order valence-corrected chi connectivity index (χ1v) is 13.6. The number of carbonyl (C=O) groups is 2. The van der Waals surface area contributed by atoms with Crippen LogP contribution < -0.4 is 19.7 Å². The lowest BCUT2D eigenvalue weighted by molar-refractivity contribution is -0.117. The maximum atomic E-state index is 13.8. The van der Waals surface area contributed by atoms with Gasteiger partial charge in [-0.1, -0.05) is 62.0 Å². The minimum atomic E-state index is -0.616. The minimum absolute atomic E-state index is 0.147. The minimum Gasteiger partial charge on any atom is -0.495 e. The van der Waals surface area contributed by atoms with Gasteiger partial charge in [-0.3, -0.25) is 14.5 Å². The molecule has 1 aliphatic heterocycles. The van der Waals surface area contributed by atoms with Crippen molar-refractivity contribution in [2.45, 2.75) is 38.4 Å². The summed E-state index contributed by atoms with van der Waals surface area (Å²) in [6.45, 7) is 6.68. The van der Waals surface area contributed by atoms with E-state index in [1.165, 1.54) is 29.3 Å². The molecule has 39 heavy (non-hydrogen) atoms. The highest BCUT2D eigenvalue weighted by Crippen LogP contribution is 2.42. The van der Waals surface area contributed by atoms with E-state index in [0.29, 0.717) is 46.8 Å². The molecule has 1 atom stereocenters. The summed E-state index contributed by atoms with van der Waals surface area (Å²) in [5, 5.41) is 12.7. The number of carbonyl (C=O) groups excluding carboxylic acids is 2. The molecule has 7 nitrogen and oxygen atoms in total. The van der Waals surface area contributed by atoms with Gasteiger partial charge in [-0.2, -0.15) is 5.26 Å². The Morgan fingerprint density at radius 2 is 1.77 bits per heavy atom. The fourth-order valence-electron chi connectivity index (χ4n) is 4.27. The fourth-order valence-corrected chi connectivity index (χ4v) is 5.57. The van der Waals surface area contributed by atoms with Crippen LogP contribution in [0.15, 0.2) is 83.4 Å². The number of benzene rings is 3. The highest BCUT2D eigenvalue weighted by atomic mass is 32.2. The molecule has 0 spiro atoms. The Bertz CT molecular complexity index is 1410. The number of nitriles is 1. The highest BCUT2D eigenvalue weighted by Gasteiger charge is 2.41. The second-order valence-corrected chi connectivity index (χ2v) is 10.4. The lowest BCUT2D eigenvalue weighted by Crippen LogP contribution is -2.31. The lowest BCUT2D eigenvalue weighted by atomic mass is 10.00. The average Bonchev–Trinajstić information content (AvgIpc) is 3.25. The van der Waals surface area contributed by atoms with Gasteiger partial charge in [0.15, 0.2) is 0 Å². The van der Waals surface area contributed by atoms with E-state index in [1.54, 1.807) is 48.5 Å². The molecule has 1 N–H and O–H groups in total. The second-order valence-electron chi connectivity index (χ2n) is 9.25. The highest BCUT2D eigenvalue weighted by molar-refractivity contribution is 8.05. The van der Waals surface area contributed by atoms with Crippen LogP contribution in [0.1, 0.15) is 37.8 Å². The van der Waals surface area contributed by atoms with Crippen molar-refractivity contribution in [3.8, 4) is 17.6 Å². The van der Waals surface area contributed by atoms with Crippen molar-refractivity contribution < 1.29 is 19.1 Å². The SMILES string of the molecule is CCOc1ccc(N2C(=O)C(Cc3ccc(C(C)C)cc3)S/C2=C(/C#N)C(=O)Nc2ccccc2OC)cc1. The topological polar surface area (TPSA) is 91.7 Å². The largest absolute Gasteiger partial charge is 0.495 e. The number of para-hydroxylation sites is 2. The molecular weight excluding hydrogens is 510 g/mol. The van der Waals surface area contributed by atoms with Gasteiger partial charge in [0.2, 0.25) is 5.91 Å². The van der Waals surface area contributed by atoms with Gasteiger partial charge in [0, 0.05) is 5.69 Å². The van der Waals surface area contributed by atoms with Gasteiger partial charge < -0.3 is 14.8 Å². The molecule has 0 aromatic heterocycles. The van der Waals surface area contributed by atoms with Gasteiger partial charge in [-0.05, 0) is 66.8 Å². The Hall–Kier alpha value is -4.22. The first-order valence-electron chi connectivity index (χ1n) is 12.8. The summed E-state index contributed by atoms with van der Waals surface area (Å²) >= 11 is 1.23. The van der Waals surface area contributed by atoms with E-state index in [4.69, 9.17) is 9.47 Å². The van der Waals surface area contributed by atoms with E-state index < -0.39 is 11.2 Å². The molecule has 3 aromatic rings. The predicted octanol–water partition coefficient (Wildman–Crippen LogP) is 6.28. The number of ether oxygens (including phenoxy) is 2. The van der Waals surface area contributed by atoms with Crippen LogP contribution in [0.5, 0.6) is 11.5 Å². The summed E-state index contributed by atoms with van der Waals surface area (Å²) in [5.74, 6) is 0.739. The predicted molar refractivity (Wildman–Crippen MR) is 155 cm³/mol. The van der Waals surface area contributed by atoms with Gasteiger partial charge in [0.05, 0.1) is 24.7 Å². The molecule has 1 heterocycles. The van der Waals surface area contributed by atoms with Crippen LogP contribution in [0.25, 0.3) is 0 Å². The van der Waals surface area contributed by atoms with E-state index in [0.717, 1.165) is 5.56 Å². The van der Waals surface area contributed by atoms with Crippen LogP contribution in [0.3, 0.4) is 0 Å². The third kappa shape index (κ3) is 6.27. The number of nitrogens with zero attached hydrogens (tertiary/aromatic N) is 2. The number of thioether (sulfide) groups is 1. The molecule has 3 aromatic carbocycles. The molecule has 0 bridgehead atoms. The number of amides is 2. The molecule has 1 fully saturated rings. The van der Waals surface area contributed by atoms with Crippen molar-refractivity contribution in [2.24, 2.45) is 0 Å². The van der Waals surface area contributed by atoms with Crippen molar-refractivity contribution in [3.05, 3.63) is 94.5 Å². The maximum Gasteiger partial charge on any atom is 0.269 e. The van der Waals surface area contributed by atoms with E-state index in [1.807, 2.05) is 25.1 Å². The molecule has 1 saturated heterocycles. The van der Waals surface area contributed by atoms with Crippen molar-refractivity contribution in [3.63, 3.8) is 0 Å². The first kappa shape index (κ1) is 27.8. The molecule has 1 unspecified atom stereocenters. The van der Waals surface area contributed by atoms with E-state index in [9.17, 15) is 14.9 Å². The summed E-state index contributed by atoms with van der Waals surface area (Å²) in [6.07, 6.45) is 0.464. The summed E-state index contributed by atoms with van der Waals surface area (Å²) in [6, 6.07) is 24.3. The van der Waals surface area contributed by atoms with Crippen LogP contribution in [0, 0.1) is 11.3 Å². The summed E-state index contributed by atoms with van der Waals surface area (Å²) in [7, 11) is 1.51. The number of methoxy groups -OCH3 is 1. The summed E-state index contributed by atoms with van der Waals surface area (Å²) in [4.78, 5) is 28.6. The molecular formula is C31H31N3O4S. The number of nitrogens with one attached hydrogen (secondary N) is 1. The zero-order chi connectivity index (χ0) is 27.9. The van der Waals surface area contributed by atoms with Crippen molar-refractivity contribution >= 4 is 35.0 Å². The van der Waals surface area contributed by atoms with Gasteiger partial charge in [-0.15, -0.1) is 0 Å². The number of anilines is 2. The maximum absolute atomic E-state index is 13.8. The molecule has 0 aliphatic carbocycles. The van der Waals surface area contributed by atoms with Crippen molar-refractivity contribution in [1.82, 2.24) is 0 Å². The summed E-state index contributed by atoms with van der Waals surface area (Å²) < 4.78 is 10.9. The van der Waals surface area contributed by atoms with Crippen LogP contribution in [-0.2, 0) is 16.0 Å². The Morgan fingerprint density at radius 1 is 1.08 bits per heavy atom. The normalized spacial score (nSPS) is 16.2. The molecule has 0 saturated carbocycles. The van der Waals surface area contributed by atoms with Crippen LogP contribution in [-0.4, -0.2) is 30.8 Å². The average molecular weight is 542 g/mol. The molecule has 2 amide bonds. The lowest BCUT2D eigenvalue weighted by Gasteiger charge is -2.19. The fraction of sp³-hybridized carbons (Fsp3) is 0.258. The molecule has 200 valence electrons. The Labute approximate surface area is 233 Å². The third-order valence-corrected chi connectivity index (χ3v) is 7.60. The number of hydrogen-bond donors (Lipinski definition) is 1. The second kappa shape index (κ2) is 12.5. The number of rotatable bonds is 9. The van der Waals surface area contributed by atoms with Gasteiger partial charge >= 0.3 is 0 Å². The van der Waals surface area contributed by atoms with Crippen molar-refractivity contribution in [1.29, 1.82) is 5.26 Å². The van der Waals surface area contributed by atoms with Crippen molar-refractivity contribution in [2.75, 3.05) is 23.9 Å². The zero-order valence-corrected chi connectivity index (χ0v) is 23.2. The standard InChI is InChI=1S/C31H31N3O4S/c1-5-38-24-16-14-23(15-17-24)34-30(36)28(18-21-10-12-22(13-11-21)20(2)3)39-31(34)25(19-32)29(35)33-26-8-6-7-9-27(26)37-4/h6-17,20,28H,5,18H2,1-4H3,(H,33,35)/b31-25-. The van der Waals surface area contributed by atoms with Gasteiger partial charge in [0.1, 0.15) is 28.2 Å². The Morgan fingerprint density at radius 3 is 2.38 bits per heavy atom. The van der Waals surface area contributed by atoms with Gasteiger partial charge in [-0.25, -0.2) is 0 Å². The molecule has 1 aliphatic rings. The Balaban J connectivity index is 1.71. The molecule has 8 heteroatoms. The first-order chi connectivity index (χ1) is 18.9. The smallest absolute Gasteiger partial charge is 0.269 e. The third-order valence-electron chi connectivity index (χ3n) is 6.33. The zero-order valence-electron chi connectivity index (χ0n) is 22.4. The van der Waals surface area contributed by atoms with Crippen LogP contribution in [0.4, 0.5) is 11.4 Å². The van der Waals surface area contributed by atoms with E-state index in [2.05, 4.69) is 31.3 Å². The van der Waals surface area contributed by atoms with E-state index in [-0.39, 0.29) is 11.5 Å². The van der Waals surface area contributed by atoms with Gasteiger partial charge in [0.25, 0.3) is 5.91 Å². The molecule has 4 rings (SSSR count). The summed E-state index contributed by atoms with van der Waals surface area (Å²) in [5.41, 5.74) is 3.07. The quantitative estimate of drug-likeness (QED) is 0.253. The van der Waals surface area contributed by atoms with Crippen LogP contribution in [0.2, 0.25) is 0 Å². The van der Waals surface area contributed by atoms with Crippen LogP contribution >= 0.6 is 11.8 Å². The number of hydrogen-bond acceptors (Lipinski definition) is 6. The monoisotopic (exact) mass is 541 g/mol. The Kier molecular flexibility index (Phi) is 8.95. The molecule has 0 radical (unpaired) electrons.